The molecule has 0 spiro atoms. The molecule has 0 unspecified atom stereocenters. The first kappa shape index (κ1) is 20.3. The lowest BCUT2D eigenvalue weighted by Crippen LogP contribution is -2.42. The number of hydrogen-bond acceptors (Lipinski definition) is 5. The smallest absolute Gasteiger partial charge is 0.225 e. The molecule has 0 saturated carbocycles. The van der Waals surface area contributed by atoms with Crippen LogP contribution in [0.5, 0.6) is 0 Å². The summed E-state index contributed by atoms with van der Waals surface area (Å²) in [7, 11) is 0. The van der Waals surface area contributed by atoms with Crippen LogP contribution >= 0.6 is 11.6 Å². The van der Waals surface area contributed by atoms with Crippen molar-refractivity contribution in [2.24, 2.45) is 11.8 Å². The minimum Gasteiger partial charge on any atom is -0.390 e. The van der Waals surface area contributed by atoms with Gasteiger partial charge in [0.05, 0.1) is 11.0 Å². The van der Waals surface area contributed by atoms with Gasteiger partial charge in [0.1, 0.15) is 5.15 Å². The molecule has 1 aliphatic heterocycles. The van der Waals surface area contributed by atoms with Crippen LogP contribution in [0.1, 0.15) is 32.3 Å². The van der Waals surface area contributed by atoms with Gasteiger partial charge in [-0.1, -0.05) is 25.4 Å². The van der Waals surface area contributed by atoms with Gasteiger partial charge in [-0.2, -0.15) is 0 Å². The summed E-state index contributed by atoms with van der Waals surface area (Å²) in [6.07, 6.45) is 6.90. The Morgan fingerprint density at radius 2 is 2.11 bits per heavy atom. The number of likely N-dealkylation sites (tertiary alicyclic amines) is 1. The standard InChI is InChI=1S/C21H26ClN5O/c1-14(2)21(28)27-7-5-15(6-8-27)11-24-12-17(10-23)16-9-19-18(25-13-16)3-4-20(22)26-19/h3-4,9-10,12-15,23-24H,5-8,11H2,1-2H3/b17-12+,23-10?. The van der Waals surface area contributed by atoms with Crippen molar-refractivity contribution in [2.45, 2.75) is 26.7 Å². The number of nitrogens with one attached hydrogen (secondary N) is 2. The summed E-state index contributed by atoms with van der Waals surface area (Å²) in [5.74, 6) is 0.831. The Labute approximate surface area is 170 Å². The second kappa shape index (κ2) is 9.15. The molecule has 148 valence electrons. The lowest BCUT2D eigenvalue weighted by Gasteiger charge is -2.33. The number of halogens is 1. The minimum absolute atomic E-state index is 0.0627. The zero-order valence-corrected chi connectivity index (χ0v) is 17.0. The molecule has 28 heavy (non-hydrogen) atoms. The van der Waals surface area contributed by atoms with Crippen LogP contribution in [0.3, 0.4) is 0 Å². The van der Waals surface area contributed by atoms with Crippen molar-refractivity contribution >= 4 is 40.3 Å². The van der Waals surface area contributed by atoms with Crippen molar-refractivity contribution in [2.75, 3.05) is 19.6 Å². The molecular weight excluding hydrogens is 374 g/mol. The first-order valence-corrected chi connectivity index (χ1v) is 10.0. The van der Waals surface area contributed by atoms with Crippen molar-refractivity contribution in [3.8, 4) is 0 Å². The molecule has 3 heterocycles. The number of carbonyl (C=O) groups is 1. The van der Waals surface area contributed by atoms with E-state index >= 15 is 0 Å². The molecule has 1 amide bonds. The van der Waals surface area contributed by atoms with E-state index in [4.69, 9.17) is 17.0 Å². The Morgan fingerprint density at radius 1 is 1.36 bits per heavy atom. The van der Waals surface area contributed by atoms with Crippen LogP contribution in [0.4, 0.5) is 0 Å². The molecule has 0 aromatic carbocycles. The van der Waals surface area contributed by atoms with Crippen molar-refractivity contribution in [1.29, 1.82) is 5.41 Å². The van der Waals surface area contributed by atoms with E-state index in [0.29, 0.717) is 16.6 Å². The molecule has 0 bridgehead atoms. The topological polar surface area (TPSA) is 82.0 Å². The van der Waals surface area contributed by atoms with Crippen molar-refractivity contribution in [1.82, 2.24) is 20.2 Å². The van der Waals surface area contributed by atoms with E-state index in [1.807, 2.05) is 37.1 Å². The highest BCUT2D eigenvalue weighted by Gasteiger charge is 2.23. The molecule has 0 radical (unpaired) electrons. The predicted molar refractivity (Wildman–Crippen MR) is 113 cm³/mol. The van der Waals surface area contributed by atoms with E-state index in [1.165, 1.54) is 6.21 Å². The van der Waals surface area contributed by atoms with Crippen molar-refractivity contribution in [3.05, 3.63) is 41.3 Å². The number of nitrogens with zero attached hydrogens (tertiary/aromatic N) is 3. The third kappa shape index (κ3) is 4.87. The third-order valence-corrected chi connectivity index (χ3v) is 5.29. The van der Waals surface area contributed by atoms with Crippen LogP contribution in [0.2, 0.25) is 5.15 Å². The lowest BCUT2D eigenvalue weighted by atomic mass is 9.96. The number of rotatable bonds is 6. The predicted octanol–water partition coefficient (Wildman–Crippen LogP) is 3.76. The lowest BCUT2D eigenvalue weighted by molar-refractivity contribution is -0.135. The number of aromatic nitrogens is 2. The maximum atomic E-state index is 12.1. The quantitative estimate of drug-likeness (QED) is 0.572. The van der Waals surface area contributed by atoms with E-state index < -0.39 is 0 Å². The second-order valence-electron chi connectivity index (χ2n) is 7.47. The minimum atomic E-state index is 0.0627. The van der Waals surface area contributed by atoms with Gasteiger partial charge in [-0.25, -0.2) is 4.98 Å². The molecule has 1 aliphatic rings. The number of allylic oxidation sites excluding steroid dienone is 1. The highest BCUT2D eigenvalue weighted by atomic mass is 35.5. The van der Waals surface area contributed by atoms with Crippen LogP contribution in [-0.2, 0) is 4.79 Å². The SMILES string of the molecule is CC(C)C(=O)N1CCC(CN/C=C(\C=N)c2cnc3ccc(Cl)nc3c2)CC1. The fourth-order valence-corrected chi connectivity index (χ4v) is 3.56. The summed E-state index contributed by atoms with van der Waals surface area (Å²) in [6.45, 7) is 6.37. The van der Waals surface area contributed by atoms with Crippen LogP contribution in [0, 0.1) is 17.2 Å². The van der Waals surface area contributed by atoms with E-state index in [2.05, 4.69) is 15.3 Å². The van der Waals surface area contributed by atoms with Crippen LogP contribution < -0.4 is 5.32 Å². The molecule has 2 aromatic heterocycles. The largest absolute Gasteiger partial charge is 0.390 e. The second-order valence-corrected chi connectivity index (χ2v) is 7.86. The highest BCUT2D eigenvalue weighted by Crippen LogP contribution is 2.20. The van der Waals surface area contributed by atoms with E-state index in [0.717, 1.165) is 49.1 Å². The number of hydrogen-bond donors (Lipinski definition) is 2. The van der Waals surface area contributed by atoms with Crippen molar-refractivity contribution in [3.63, 3.8) is 0 Å². The summed E-state index contributed by atoms with van der Waals surface area (Å²) in [5, 5.41) is 11.5. The van der Waals surface area contributed by atoms with E-state index in [1.54, 1.807) is 12.3 Å². The Balaban J connectivity index is 1.59. The molecule has 1 fully saturated rings. The van der Waals surface area contributed by atoms with Crippen LogP contribution in [0.25, 0.3) is 16.6 Å². The molecule has 1 saturated heterocycles. The van der Waals surface area contributed by atoms with Crippen LogP contribution in [0.15, 0.2) is 30.6 Å². The van der Waals surface area contributed by atoms with Gasteiger partial charge in [-0.15, -0.1) is 0 Å². The number of piperidine rings is 1. The van der Waals surface area contributed by atoms with E-state index in [9.17, 15) is 4.79 Å². The van der Waals surface area contributed by atoms with Gasteiger partial charge in [-0.3, -0.25) is 9.78 Å². The first-order chi connectivity index (χ1) is 13.5. The molecule has 2 N–H and O–H groups in total. The monoisotopic (exact) mass is 399 g/mol. The molecule has 3 rings (SSSR count). The highest BCUT2D eigenvalue weighted by molar-refractivity contribution is 6.29. The fraction of sp³-hybridized carbons (Fsp3) is 0.429. The van der Waals surface area contributed by atoms with Gasteiger partial charge in [-0.05, 0) is 37.0 Å². The Kier molecular flexibility index (Phi) is 6.62. The fourth-order valence-electron chi connectivity index (χ4n) is 3.41. The Bertz CT molecular complexity index is 887. The van der Waals surface area contributed by atoms with Gasteiger partial charge in [0, 0.05) is 55.3 Å². The summed E-state index contributed by atoms with van der Waals surface area (Å²) < 4.78 is 0. The van der Waals surface area contributed by atoms with Gasteiger partial charge < -0.3 is 15.6 Å². The van der Waals surface area contributed by atoms with Gasteiger partial charge in [0.15, 0.2) is 0 Å². The number of amides is 1. The summed E-state index contributed by atoms with van der Waals surface area (Å²) in [4.78, 5) is 22.7. The van der Waals surface area contributed by atoms with Gasteiger partial charge in [0.25, 0.3) is 0 Å². The molecule has 0 aliphatic carbocycles. The van der Waals surface area contributed by atoms with Gasteiger partial charge in [0.2, 0.25) is 5.91 Å². The number of fused-ring (bicyclic) bond motifs is 1. The Hall–Kier alpha value is -2.47. The maximum absolute atomic E-state index is 12.1. The number of carbonyl (C=O) groups excluding carboxylic acids is 1. The molecule has 2 aromatic rings. The average Bonchev–Trinajstić information content (AvgIpc) is 2.70. The normalized spacial score (nSPS) is 15.9. The summed E-state index contributed by atoms with van der Waals surface area (Å²) >= 11 is 5.97. The summed E-state index contributed by atoms with van der Waals surface area (Å²) in [6, 6.07) is 5.44. The number of pyridine rings is 2. The van der Waals surface area contributed by atoms with E-state index in [-0.39, 0.29) is 11.8 Å². The molecular formula is C21H26ClN5O. The van der Waals surface area contributed by atoms with Crippen LogP contribution in [-0.4, -0.2) is 46.6 Å². The molecule has 7 heteroatoms. The Morgan fingerprint density at radius 3 is 2.79 bits per heavy atom. The summed E-state index contributed by atoms with van der Waals surface area (Å²) in [5.41, 5.74) is 3.04. The average molecular weight is 400 g/mol. The third-order valence-electron chi connectivity index (χ3n) is 5.08. The van der Waals surface area contributed by atoms with Gasteiger partial charge >= 0.3 is 0 Å². The molecule has 6 nitrogen and oxygen atoms in total. The first-order valence-electron chi connectivity index (χ1n) is 9.63. The molecule has 0 atom stereocenters. The zero-order valence-electron chi connectivity index (χ0n) is 16.3. The maximum Gasteiger partial charge on any atom is 0.225 e. The zero-order chi connectivity index (χ0) is 20.1. The van der Waals surface area contributed by atoms with Crippen molar-refractivity contribution < 1.29 is 4.79 Å².